The number of carbonyl (C=O) groups is 1. The zero-order valence-electron chi connectivity index (χ0n) is 12.8. The van der Waals surface area contributed by atoms with Crippen molar-refractivity contribution in [2.75, 3.05) is 6.61 Å². The number of aromatic nitrogens is 4. The van der Waals surface area contributed by atoms with E-state index in [1.54, 1.807) is 18.3 Å². The molecule has 0 bridgehead atoms. The van der Waals surface area contributed by atoms with Crippen LogP contribution >= 0.6 is 11.3 Å². The summed E-state index contributed by atoms with van der Waals surface area (Å²) in [6.45, 7) is 4.33. The average molecular weight is 332 g/mol. The van der Waals surface area contributed by atoms with E-state index < -0.39 is 5.97 Å². The van der Waals surface area contributed by atoms with Crippen LogP contribution in [-0.2, 0) is 11.3 Å². The summed E-state index contributed by atoms with van der Waals surface area (Å²) in [6.07, 6.45) is 3.18. The van der Waals surface area contributed by atoms with Gasteiger partial charge in [-0.25, -0.2) is 19.3 Å². The van der Waals surface area contributed by atoms with E-state index in [0.29, 0.717) is 10.5 Å². The van der Waals surface area contributed by atoms with Crippen LogP contribution in [0.3, 0.4) is 0 Å². The van der Waals surface area contributed by atoms with E-state index in [4.69, 9.17) is 4.74 Å². The predicted octanol–water partition coefficient (Wildman–Crippen LogP) is 1.93. The minimum atomic E-state index is -0.425. The normalized spacial score (nSPS) is 11.3. The molecule has 0 unspecified atom stereocenters. The van der Waals surface area contributed by atoms with Crippen molar-refractivity contribution in [3.63, 3.8) is 0 Å². The van der Waals surface area contributed by atoms with Crippen molar-refractivity contribution in [1.82, 2.24) is 19.2 Å². The molecule has 0 fully saturated rings. The van der Waals surface area contributed by atoms with Gasteiger partial charge in [-0.15, -0.1) is 16.4 Å². The van der Waals surface area contributed by atoms with E-state index in [0.717, 1.165) is 5.01 Å². The molecule has 7 nitrogen and oxygen atoms in total. The van der Waals surface area contributed by atoms with Gasteiger partial charge in [-0.2, -0.15) is 0 Å². The Hall–Kier alpha value is -2.48. The highest BCUT2D eigenvalue weighted by Crippen LogP contribution is 2.21. The van der Waals surface area contributed by atoms with Crippen LogP contribution in [0.2, 0.25) is 0 Å². The molecule has 3 aromatic heterocycles. The molecule has 0 spiro atoms. The number of fused-ring (bicyclic) bond motifs is 1. The molecular formula is C15H16N4O3S. The molecule has 3 rings (SSSR count). The predicted molar refractivity (Wildman–Crippen MR) is 85.9 cm³/mol. The summed E-state index contributed by atoms with van der Waals surface area (Å²) in [5.74, 6) is -0.149. The Morgan fingerprint density at radius 3 is 2.91 bits per heavy atom. The third-order valence-corrected chi connectivity index (χ3v) is 4.52. The lowest BCUT2D eigenvalue weighted by Gasteiger charge is -2.02. The highest BCUT2D eigenvalue weighted by atomic mass is 32.1. The summed E-state index contributed by atoms with van der Waals surface area (Å²) in [4.78, 5) is 28.7. The molecule has 0 N–H and O–H groups in total. The first-order valence-electron chi connectivity index (χ1n) is 7.23. The quantitative estimate of drug-likeness (QED) is 0.667. The second-order valence-electron chi connectivity index (χ2n) is 5.29. The van der Waals surface area contributed by atoms with Gasteiger partial charge in [0.25, 0.3) is 0 Å². The molecule has 23 heavy (non-hydrogen) atoms. The molecule has 0 radical (unpaired) electrons. The SMILES string of the molecule is CC(C)c1ncc(C(=O)OCCn2nc3ccccn3c2=O)s1. The summed E-state index contributed by atoms with van der Waals surface area (Å²) in [6, 6.07) is 5.31. The van der Waals surface area contributed by atoms with Crippen LogP contribution in [-0.4, -0.2) is 31.7 Å². The van der Waals surface area contributed by atoms with Crippen molar-refractivity contribution in [2.45, 2.75) is 26.3 Å². The first-order chi connectivity index (χ1) is 11.1. The van der Waals surface area contributed by atoms with Crippen molar-refractivity contribution < 1.29 is 9.53 Å². The van der Waals surface area contributed by atoms with Crippen molar-refractivity contribution in [2.24, 2.45) is 0 Å². The van der Waals surface area contributed by atoms with E-state index in [9.17, 15) is 9.59 Å². The Kier molecular flexibility index (Phi) is 4.24. The highest BCUT2D eigenvalue weighted by molar-refractivity contribution is 7.13. The lowest BCUT2D eigenvalue weighted by molar-refractivity contribution is 0.0492. The van der Waals surface area contributed by atoms with Crippen LogP contribution in [0.25, 0.3) is 5.65 Å². The van der Waals surface area contributed by atoms with Crippen molar-refractivity contribution >= 4 is 23.0 Å². The van der Waals surface area contributed by atoms with Gasteiger partial charge in [-0.05, 0) is 12.1 Å². The third kappa shape index (κ3) is 3.16. The summed E-state index contributed by atoms with van der Waals surface area (Å²) >= 11 is 1.33. The number of thiazole rings is 1. The van der Waals surface area contributed by atoms with Crippen LogP contribution < -0.4 is 5.69 Å². The van der Waals surface area contributed by atoms with Gasteiger partial charge >= 0.3 is 11.7 Å². The molecule has 3 heterocycles. The fourth-order valence-electron chi connectivity index (χ4n) is 2.06. The minimum Gasteiger partial charge on any atom is -0.459 e. The zero-order chi connectivity index (χ0) is 16.4. The molecule has 0 atom stereocenters. The maximum Gasteiger partial charge on any atom is 0.350 e. The largest absolute Gasteiger partial charge is 0.459 e. The first kappa shape index (κ1) is 15.4. The van der Waals surface area contributed by atoms with Crippen LogP contribution in [0.1, 0.15) is 34.4 Å². The molecule has 0 aliphatic rings. The fraction of sp³-hybridized carbons (Fsp3) is 0.333. The van der Waals surface area contributed by atoms with Crippen LogP contribution in [0.15, 0.2) is 35.4 Å². The molecule has 3 aromatic rings. The highest BCUT2D eigenvalue weighted by Gasteiger charge is 2.14. The standard InChI is InChI=1S/C15H16N4O3S/c1-10(2)13-16-9-11(23-13)14(20)22-8-7-19-15(21)18-6-4-3-5-12(18)17-19/h3-6,9-10H,7-8H2,1-2H3. The fourth-order valence-corrected chi connectivity index (χ4v) is 2.87. The maximum atomic E-state index is 12.1. The first-order valence-corrected chi connectivity index (χ1v) is 8.05. The van der Waals surface area contributed by atoms with Gasteiger partial charge in [-0.3, -0.25) is 4.40 Å². The van der Waals surface area contributed by atoms with Crippen molar-refractivity contribution in [3.05, 3.63) is 51.0 Å². The Morgan fingerprint density at radius 2 is 2.22 bits per heavy atom. The van der Waals surface area contributed by atoms with E-state index in [-0.39, 0.29) is 24.8 Å². The van der Waals surface area contributed by atoms with E-state index in [2.05, 4.69) is 10.1 Å². The zero-order valence-corrected chi connectivity index (χ0v) is 13.6. The molecule has 0 aliphatic heterocycles. The molecule has 0 aliphatic carbocycles. The van der Waals surface area contributed by atoms with E-state index in [1.807, 2.05) is 19.9 Å². The van der Waals surface area contributed by atoms with Gasteiger partial charge in [0, 0.05) is 12.1 Å². The molecule has 0 amide bonds. The average Bonchev–Trinajstić information content (AvgIpc) is 3.14. The Morgan fingerprint density at radius 1 is 1.39 bits per heavy atom. The van der Waals surface area contributed by atoms with Crippen molar-refractivity contribution in [1.29, 1.82) is 0 Å². The van der Waals surface area contributed by atoms with Gasteiger partial charge in [0.1, 0.15) is 11.5 Å². The van der Waals surface area contributed by atoms with Gasteiger partial charge in [0.2, 0.25) is 0 Å². The molecule has 0 aromatic carbocycles. The number of carbonyl (C=O) groups excluding carboxylic acids is 1. The number of rotatable bonds is 5. The number of hydrogen-bond donors (Lipinski definition) is 0. The van der Waals surface area contributed by atoms with Crippen LogP contribution in [0, 0.1) is 0 Å². The second-order valence-corrected chi connectivity index (χ2v) is 6.35. The number of nitrogens with zero attached hydrogens (tertiary/aromatic N) is 4. The van der Waals surface area contributed by atoms with Gasteiger partial charge in [0.05, 0.1) is 17.7 Å². The van der Waals surface area contributed by atoms with E-state index >= 15 is 0 Å². The van der Waals surface area contributed by atoms with Crippen LogP contribution in [0.5, 0.6) is 0 Å². The molecular weight excluding hydrogens is 316 g/mol. The third-order valence-electron chi connectivity index (χ3n) is 3.24. The molecule has 120 valence electrons. The summed E-state index contributed by atoms with van der Waals surface area (Å²) < 4.78 is 7.93. The lowest BCUT2D eigenvalue weighted by Crippen LogP contribution is -2.23. The number of pyridine rings is 1. The number of hydrogen-bond acceptors (Lipinski definition) is 6. The number of ether oxygens (including phenoxy) is 1. The topological polar surface area (TPSA) is 78.5 Å². The minimum absolute atomic E-state index is 0.0809. The monoisotopic (exact) mass is 332 g/mol. The molecule has 8 heteroatoms. The van der Waals surface area contributed by atoms with Gasteiger partial charge < -0.3 is 4.74 Å². The van der Waals surface area contributed by atoms with Crippen LogP contribution in [0.4, 0.5) is 0 Å². The Bertz CT molecular complexity index is 893. The van der Waals surface area contributed by atoms with E-state index in [1.165, 1.54) is 26.6 Å². The van der Waals surface area contributed by atoms with Gasteiger partial charge in [-0.1, -0.05) is 19.9 Å². The summed E-state index contributed by atoms with van der Waals surface area (Å²) in [7, 11) is 0. The summed E-state index contributed by atoms with van der Waals surface area (Å²) in [5.41, 5.74) is 0.310. The summed E-state index contributed by atoms with van der Waals surface area (Å²) in [5, 5.41) is 5.07. The lowest BCUT2D eigenvalue weighted by atomic mass is 10.2. The second kappa shape index (κ2) is 6.33. The van der Waals surface area contributed by atoms with Crippen molar-refractivity contribution in [3.8, 4) is 0 Å². The maximum absolute atomic E-state index is 12.1. The molecule has 0 saturated carbocycles. The Labute approximate surface area is 136 Å². The smallest absolute Gasteiger partial charge is 0.350 e. The molecule has 0 saturated heterocycles. The number of esters is 1. The Balaban J connectivity index is 1.63. The van der Waals surface area contributed by atoms with Gasteiger partial charge in [0.15, 0.2) is 5.65 Å².